The van der Waals surface area contributed by atoms with Crippen molar-refractivity contribution in [1.82, 2.24) is 10.6 Å². The molecule has 2 aromatic rings. The van der Waals surface area contributed by atoms with E-state index in [-0.39, 0.29) is 0 Å². The number of guanidine groups is 1. The van der Waals surface area contributed by atoms with Gasteiger partial charge in [0.25, 0.3) is 0 Å². The average molecular weight is 426 g/mol. The highest BCUT2D eigenvalue weighted by molar-refractivity contribution is 5.80. The van der Waals surface area contributed by atoms with Crippen LogP contribution in [-0.4, -0.2) is 60.5 Å². The molecule has 1 fully saturated rings. The zero-order chi connectivity index (χ0) is 22.4. The number of hydrogen-bond acceptors (Lipinski definition) is 5. The van der Waals surface area contributed by atoms with Crippen LogP contribution in [0.5, 0.6) is 11.5 Å². The van der Waals surface area contributed by atoms with Crippen molar-refractivity contribution in [2.75, 3.05) is 58.3 Å². The fourth-order valence-corrected chi connectivity index (χ4v) is 3.81. The second kappa shape index (κ2) is 10.3. The van der Waals surface area contributed by atoms with E-state index in [4.69, 9.17) is 9.47 Å². The highest BCUT2D eigenvalue weighted by atomic mass is 16.5. The molecule has 0 radical (unpaired) electrons. The quantitative estimate of drug-likeness (QED) is 0.525. The van der Waals surface area contributed by atoms with Gasteiger partial charge in [-0.3, -0.25) is 4.99 Å². The van der Waals surface area contributed by atoms with E-state index >= 15 is 0 Å². The number of nitrogens with zero attached hydrogens (tertiary/aromatic N) is 3. The summed E-state index contributed by atoms with van der Waals surface area (Å²) in [4.78, 5) is 8.89. The van der Waals surface area contributed by atoms with E-state index in [1.807, 2.05) is 13.1 Å². The first-order chi connectivity index (χ1) is 14.9. The SMILES string of the molecule is CN=C(NCc1ccc(N(C)C)cc1C)NC1CCN(c2cc(OC)cc(OC)c2)C1. The molecule has 2 N–H and O–H groups in total. The van der Waals surface area contributed by atoms with Crippen LogP contribution in [0.25, 0.3) is 0 Å². The number of ether oxygens (including phenoxy) is 2. The lowest BCUT2D eigenvalue weighted by Gasteiger charge is -2.22. The molecule has 31 heavy (non-hydrogen) atoms. The van der Waals surface area contributed by atoms with Gasteiger partial charge in [0.2, 0.25) is 0 Å². The van der Waals surface area contributed by atoms with Crippen LogP contribution in [0.4, 0.5) is 11.4 Å². The lowest BCUT2D eigenvalue weighted by Crippen LogP contribution is -2.44. The molecule has 0 saturated carbocycles. The van der Waals surface area contributed by atoms with Crippen LogP contribution in [0, 0.1) is 6.92 Å². The van der Waals surface area contributed by atoms with Crippen molar-refractivity contribution in [2.45, 2.75) is 25.9 Å². The number of anilines is 2. The summed E-state index contributed by atoms with van der Waals surface area (Å²) in [5.41, 5.74) is 4.86. The third kappa shape index (κ3) is 5.75. The van der Waals surface area contributed by atoms with Gasteiger partial charge in [0.1, 0.15) is 11.5 Å². The molecule has 0 bridgehead atoms. The van der Waals surface area contributed by atoms with Crippen LogP contribution in [0.3, 0.4) is 0 Å². The zero-order valence-electron chi connectivity index (χ0n) is 19.5. The Hall–Kier alpha value is -3.09. The zero-order valence-corrected chi connectivity index (χ0v) is 19.5. The number of aliphatic imine (C=N–C) groups is 1. The lowest BCUT2D eigenvalue weighted by atomic mass is 10.1. The first-order valence-corrected chi connectivity index (χ1v) is 10.7. The van der Waals surface area contributed by atoms with Crippen molar-refractivity contribution in [3.63, 3.8) is 0 Å². The van der Waals surface area contributed by atoms with Gasteiger partial charge in [0.05, 0.1) is 14.2 Å². The van der Waals surface area contributed by atoms with E-state index in [0.717, 1.165) is 49.2 Å². The molecule has 7 heteroatoms. The fourth-order valence-electron chi connectivity index (χ4n) is 3.81. The molecule has 1 unspecified atom stereocenters. The Morgan fingerprint density at radius 2 is 1.84 bits per heavy atom. The molecule has 3 rings (SSSR count). The standard InChI is InChI=1S/C24H35N5O2/c1-17-11-20(28(3)4)8-7-18(17)15-26-24(25-2)27-19-9-10-29(16-19)21-12-22(30-5)14-23(13-21)31-6/h7-8,11-14,19H,9-10,15-16H2,1-6H3,(H2,25,26,27). The molecule has 0 aromatic heterocycles. The first-order valence-electron chi connectivity index (χ1n) is 10.7. The molecule has 7 nitrogen and oxygen atoms in total. The Balaban J connectivity index is 1.57. The van der Waals surface area contributed by atoms with Crippen molar-refractivity contribution in [3.05, 3.63) is 47.5 Å². The summed E-state index contributed by atoms with van der Waals surface area (Å²) in [6, 6.07) is 12.9. The fraction of sp³-hybridized carbons (Fsp3) is 0.458. The third-order valence-electron chi connectivity index (χ3n) is 5.74. The number of hydrogen-bond donors (Lipinski definition) is 2. The van der Waals surface area contributed by atoms with E-state index in [1.165, 1.54) is 16.8 Å². The van der Waals surface area contributed by atoms with Gasteiger partial charge in [-0.15, -0.1) is 0 Å². The molecule has 0 aliphatic carbocycles. The molecule has 1 atom stereocenters. The Morgan fingerprint density at radius 3 is 2.42 bits per heavy atom. The second-order valence-corrected chi connectivity index (χ2v) is 8.08. The summed E-state index contributed by atoms with van der Waals surface area (Å²) in [6.07, 6.45) is 1.04. The van der Waals surface area contributed by atoms with Crippen LogP contribution in [0.2, 0.25) is 0 Å². The largest absolute Gasteiger partial charge is 0.497 e. The minimum atomic E-state index is 0.320. The maximum Gasteiger partial charge on any atom is 0.191 e. The number of nitrogens with one attached hydrogen (secondary N) is 2. The van der Waals surface area contributed by atoms with E-state index in [2.05, 4.69) is 76.8 Å². The predicted octanol–water partition coefficient (Wildman–Crippen LogP) is 3.02. The molecule has 1 heterocycles. The first kappa shape index (κ1) is 22.6. The smallest absolute Gasteiger partial charge is 0.191 e. The van der Waals surface area contributed by atoms with E-state index in [0.29, 0.717) is 6.04 Å². The highest BCUT2D eigenvalue weighted by Crippen LogP contribution is 2.30. The number of benzene rings is 2. The van der Waals surface area contributed by atoms with Gasteiger partial charge in [-0.25, -0.2) is 0 Å². The summed E-state index contributed by atoms with van der Waals surface area (Å²) in [7, 11) is 9.30. The molecule has 1 aliphatic heterocycles. The molecule has 0 spiro atoms. The van der Waals surface area contributed by atoms with Crippen molar-refractivity contribution >= 4 is 17.3 Å². The third-order valence-corrected chi connectivity index (χ3v) is 5.74. The summed E-state index contributed by atoms with van der Waals surface area (Å²) in [5, 5.41) is 7.03. The van der Waals surface area contributed by atoms with Crippen molar-refractivity contribution < 1.29 is 9.47 Å². The van der Waals surface area contributed by atoms with Crippen LogP contribution in [-0.2, 0) is 6.54 Å². The molecule has 168 valence electrons. The van der Waals surface area contributed by atoms with Crippen LogP contribution in [0.15, 0.2) is 41.4 Å². The second-order valence-electron chi connectivity index (χ2n) is 8.08. The summed E-state index contributed by atoms with van der Waals surface area (Å²) in [5.74, 6) is 2.43. The van der Waals surface area contributed by atoms with Crippen LogP contribution < -0.4 is 29.9 Å². The van der Waals surface area contributed by atoms with Crippen molar-refractivity contribution in [1.29, 1.82) is 0 Å². The number of aryl methyl sites for hydroxylation is 1. The van der Waals surface area contributed by atoms with E-state index in [1.54, 1.807) is 14.2 Å². The molecular formula is C24H35N5O2. The molecular weight excluding hydrogens is 390 g/mol. The van der Waals surface area contributed by atoms with Crippen molar-refractivity contribution in [3.8, 4) is 11.5 Å². The van der Waals surface area contributed by atoms with Crippen molar-refractivity contribution in [2.24, 2.45) is 4.99 Å². The highest BCUT2D eigenvalue weighted by Gasteiger charge is 2.24. The molecule has 1 aliphatic rings. The minimum Gasteiger partial charge on any atom is -0.497 e. The normalized spacial score (nSPS) is 16.3. The van der Waals surface area contributed by atoms with Gasteiger partial charge in [-0.05, 0) is 36.6 Å². The van der Waals surface area contributed by atoms with Gasteiger partial charge in [0.15, 0.2) is 5.96 Å². The Morgan fingerprint density at radius 1 is 1.13 bits per heavy atom. The topological polar surface area (TPSA) is 61.4 Å². The molecule has 2 aromatic carbocycles. The molecule has 0 amide bonds. The van der Waals surface area contributed by atoms with Gasteiger partial charge < -0.3 is 29.9 Å². The Labute approximate surface area is 186 Å². The summed E-state index contributed by atoms with van der Waals surface area (Å²) >= 11 is 0. The summed E-state index contributed by atoms with van der Waals surface area (Å²) < 4.78 is 10.8. The maximum absolute atomic E-state index is 5.42. The van der Waals surface area contributed by atoms with Gasteiger partial charge in [-0.2, -0.15) is 0 Å². The van der Waals surface area contributed by atoms with Crippen LogP contribution in [0.1, 0.15) is 17.5 Å². The average Bonchev–Trinajstić information content (AvgIpc) is 3.25. The van der Waals surface area contributed by atoms with Gasteiger partial charge in [-0.1, -0.05) is 6.07 Å². The Bertz CT molecular complexity index is 891. The monoisotopic (exact) mass is 425 g/mol. The number of rotatable bonds is 7. The summed E-state index contributed by atoms with van der Waals surface area (Å²) in [6.45, 7) is 4.75. The Kier molecular flexibility index (Phi) is 7.50. The van der Waals surface area contributed by atoms with Crippen LogP contribution >= 0.6 is 0 Å². The maximum atomic E-state index is 5.42. The lowest BCUT2D eigenvalue weighted by molar-refractivity contribution is 0.394. The van der Waals surface area contributed by atoms with E-state index in [9.17, 15) is 0 Å². The van der Waals surface area contributed by atoms with E-state index < -0.39 is 0 Å². The van der Waals surface area contributed by atoms with Gasteiger partial charge in [0, 0.05) is 76.4 Å². The number of methoxy groups -OCH3 is 2. The van der Waals surface area contributed by atoms with Gasteiger partial charge >= 0.3 is 0 Å². The minimum absolute atomic E-state index is 0.320. The molecule has 1 saturated heterocycles. The predicted molar refractivity (Wildman–Crippen MR) is 129 cm³/mol.